The number of hydrazine groups is 1. The van der Waals surface area contributed by atoms with Crippen LogP contribution in [0.15, 0.2) is 30.3 Å². The number of nitrogen functional groups attached to an aromatic ring is 1. The van der Waals surface area contributed by atoms with Crippen molar-refractivity contribution in [2.24, 2.45) is 11.8 Å². The molecule has 0 bridgehead atoms. The Hall–Kier alpha value is -2.14. The van der Waals surface area contributed by atoms with Crippen molar-refractivity contribution < 1.29 is 4.79 Å². The van der Waals surface area contributed by atoms with Gasteiger partial charge < -0.3 is 10.7 Å². The highest BCUT2D eigenvalue weighted by atomic mass is 16.1. The van der Waals surface area contributed by atoms with Crippen LogP contribution >= 0.6 is 0 Å². The summed E-state index contributed by atoms with van der Waals surface area (Å²) in [5.41, 5.74) is 3.91. The first kappa shape index (κ1) is 13.8. The van der Waals surface area contributed by atoms with E-state index in [4.69, 9.17) is 5.84 Å². The van der Waals surface area contributed by atoms with Crippen molar-refractivity contribution in [1.82, 2.24) is 10.3 Å². The van der Waals surface area contributed by atoms with Crippen molar-refractivity contribution in [2.75, 3.05) is 5.43 Å². The summed E-state index contributed by atoms with van der Waals surface area (Å²) >= 11 is 0. The molecule has 5 heteroatoms. The molecule has 1 amide bonds. The predicted octanol–water partition coefficient (Wildman–Crippen LogP) is 2.44. The molecular weight excluding hydrogens is 264 g/mol. The molecule has 3 rings (SSSR count). The van der Waals surface area contributed by atoms with Crippen LogP contribution < -0.4 is 16.6 Å². The zero-order valence-corrected chi connectivity index (χ0v) is 12.1. The number of carbonyl (C=O) groups excluding carboxylic acids is 1. The lowest BCUT2D eigenvalue weighted by atomic mass is 10.0. The van der Waals surface area contributed by atoms with Gasteiger partial charge in [-0.3, -0.25) is 4.79 Å². The lowest BCUT2D eigenvalue weighted by Gasteiger charge is -2.18. The second-order valence-corrected chi connectivity index (χ2v) is 5.70. The van der Waals surface area contributed by atoms with Gasteiger partial charge >= 0.3 is 0 Å². The van der Waals surface area contributed by atoms with Gasteiger partial charge in [0.25, 0.3) is 5.91 Å². The lowest BCUT2D eigenvalue weighted by molar-refractivity contribution is 0.0931. The van der Waals surface area contributed by atoms with Gasteiger partial charge in [-0.05, 0) is 30.9 Å². The minimum atomic E-state index is -0.0520. The number of aromatic nitrogens is 1. The van der Waals surface area contributed by atoms with Crippen molar-refractivity contribution in [1.29, 1.82) is 0 Å². The van der Waals surface area contributed by atoms with Crippen molar-refractivity contribution in [2.45, 2.75) is 32.2 Å². The number of benzene rings is 1. The maximum Gasteiger partial charge on any atom is 0.252 e. The molecule has 4 N–H and O–H groups in total. The normalized spacial score (nSPS) is 21.4. The van der Waals surface area contributed by atoms with Gasteiger partial charge in [0.1, 0.15) is 5.82 Å². The summed E-state index contributed by atoms with van der Waals surface area (Å²) in [6.45, 7) is 2.19. The maximum atomic E-state index is 12.6. The van der Waals surface area contributed by atoms with Crippen molar-refractivity contribution in [3.8, 4) is 0 Å². The average molecular weight is 284 g/mol. The third-order valence-electron chi connectivity index (χ3n) is 4.29. The molecule has 1 aliphatic rings. The summed E-state index contributed by atoms with van der Waals surface area (Å²) in [5, 5.41) is 4.00. The number of hydrogen-bond donors (Lipinski definition) is 3. The Morgan fingerprint density at radius 2 is 2.14 bits per heavy atom. The van der Waals surface area contributed by atoms with Gasteiger partial charge in [-0.1, -0.05) is 31.5 Å². The van der Waals surface area contributed by atoms with Crippen molar-refractivity contribution in [3.05, 3.63) is 35.9 Å². The molecule has 0 saturated heterocycles. The molecule has 5 nitrogen and oxygen atoms in total. The first-order valence-corrected chi connectivity index (χ1v) is 7.36. The van der Waals surface area contributed by atoms with Gasteiger partial charge in [-0.25, -0.2) is 10.8 Å². The van der Waals surface area contributed by atoms with Gasteiger partial charge in [0.15, 0.2) is 0 Å². The molecule has 1 aliphatic carbocycles. The van der Waals surface area contributed by atoms with E-state index >= 15 is 0 Å². The molecule has 1 aromatic carbocycles. The molecule has 1 aromatic heterocycles. The smallest absolute Gasteiger partial charge is 0.252 e. The summed E-state index contributed by atoms with van der Waals surface area (Å²) in [6.07, 6.45) is 3.41. The Kier molecular flexibility index (Phi) is 3.75. The number of fused-ring (bicyclic) bond motifs is 1. The van der Waals surface area contributed by atoms with Crippen LogP contribution in [0.25, 0.3) is 10.9 Å². The van der Waals surface area contributed by atoms with Gasteiger partial charge in [0.05, 0.1) is 11.1 Å². The monoisotopic (exact) mass is 284 g/mol. The minimum Gasteiger partial charge on any atom is -0.349 e. The highest BCUT2D eigenvalue weighted by Crippen LogP contribution is 2.26. The number of hydrogen-bond acceptors (Lipinski definition) is 4. The van der Waals surface area contributed by atoms with Crippen molar-refractivity contribution in [3.63, 3.8) is 0 Å². The largest absolute Gasteiger partial charge is 0.349 e. The van der Waals surface area contributed by atoms with Crippen LogP contribution in [0.3, 0.4) is 0 Å². The molecule has 0 radical (unpaired) electrons. The number of para-hydroxylation sites is 1. The summed E-state index contributed by atoms with van der Waals surface area (Å²) in [7, 11) is 0. The van der Waals surface area contributed by atoms with Crippen LogP contribution in [-0.4, -0.2) is 16.9 Å². The molecular formula is C16H20N4O. The minimum absolute atomic E-state index is 0.0520. The molecule has 1 heterocycles. The van der Waals surface area contributed by atoms with Crippen LogP contribution in [0.1, 0.15) is 36.5 Å². The van der Waals surface area contributed by atoms with E-state index in [0.29, 0.717) is 17.3 Å². The molecule has 2 atom stereocenters. The van der Waals surface area contributed by atoms with E-state index in [2.05, 4.69) is 22.7 Å². The van der Waals surface area contributed by atoms with Gasteiger partial charge in [0, 0.05) is 11.4 Å². The van der Waals surface area contributed by atoms with Crippen LogP contribution in [0.5, 0.6) is 0 Å². The van der Waals surface area contributed by atoms with E-state index in [1.54, 1.807) is 6.07 Å². The third-order valence-corrected chi connectivity index (χ3v) is 4.29. The fourth-order valence-corrected chi connectivity index (χ4v) is 3.04. The first-order valence-electron chi connectivity index (χ1n) is 7.36. The number of amides is 1. The number of nitrogens with two attached hydrogens (primary N) is 1. The number of nitrogens with one attached hydrogen (secondary N) is 2. The summed E-state index contributed by atoms with van der Waals surface area (Å²) in [5.74, 6) is 6.43. The fraction of sp³-hybridized carbons (Fsp3) is 0.375. The van der Waals surface area contributed by atoms with E-state index in [1.807, 2.05) is 24.3 Å². The maximum absolute atomic E-state index is 12.6. The zero-order valence-electron chi connectivity index (χ0n) is 12.1. The molecule has 0 aliphatic heterocycles. The Labute approximate surface area is 123 Å². The molecule has 2 unspecified atom stereocenters. The Morgan fingerprint density at radius 1 is 1.33 bits per heavy atom. The molecule has 110 valence electrons. The standard InChI is InChI=1S/C16H20N4O/c1-10-5-4-8-13(10)19-16(21)12-9-15(20-17)18-14-7-3-2-6-11(12)14/h2-3,6-7,9-10,13H,4-5,8,17H2,1H3,(H,18,20)(H,19,21). The zero-order chi connectivity index (χ0) is 14.8. The fourth-order valence-electron chi connectivity index (χ4n) is 3.04. The highest BCUT2D eigenvalue weighted by molar-refractivity contribution is 6.07. The first-order chi connectivity index (χ1) is 10.2. The number of rotatable bonds is 3. The van der Waals surface area contributed by atoms with Crippen LogP contribution in [-0.2, 0) is 0 Å². The SMILES string of the molecule is CC1CCCC1NC(=O)c1cc(NN)nc2ccccc12. The van der Waals surface area contributed by atoms with Gasteiger partial charge in [0.2, 0.25) is 0 Å². The molecule has 1 saturated carbocycles. The van der Waals surface area contributed by atoms with E-state index in [-0.39, 0.29) is 11.9 Å². The second kappa shape index (κ2) is 5.69. The number of anilines is 1. The second-order valence-electron chi connectivity index (χ2n) is 5.70. The Balaban J connectivity index is 1.96. The topological polar surface area (TPSA) is 80.0 Å². The van der Waals surface area contributed by atoms with E-state index < -0.39 is 0 Å². The van der Waals surface area contributed by atoms with E-state index in [0.717, 1.165) is 17.3 Å². The lowest BCUT2D eigenvalue weighted by Crippen LogP contribution is -2.36. The number of nitrogens with zero attached hydrogens (tertiary/aromatic N) is 1. The summed E-state index contributed by atoms with van der Waals surface area (Å²) in [6, 6.07) is 9.57. The number of pyridine rings is 1. The average Bonchev–Trinajstić information content (AvgIpc) is 2.91. The summed E-state index contributed by atoms with van der Waals surface area (Å²) in [4.78, 5) is 17.0. The molecule has 0 spiro atoms. The van der Waals surface area contributed by atoms with E-state index in [9.17, 15) is 4.79 Å². The van der Waals surface area contributed by atoms with Crippen LogP contribution in [0, 0.1) is 5.92 Å². The van der Waals surface area contributed by atoms with Crippen molar-refractivity contribution >= 4 is 22.6 Å². The van der Waals surface area contributed by atoms with E-state index in [1.165, 1.54) is 12.8 Å². The molecule has 21 heavy (non-hydrogen) atoms. The van der Waals surface area contributed by atoms with Crippen LogP contribution in [0.4, 0.5) is 5.82 Å². The van der Waals surface area contributed by atoms with Crippen LogP contribution in [0.2, 0.25) is 0 Å². The number of carbonyl (C=O) groups is 1. The quantitative estimate of drug-likeness (QED) is 0.597. The Bertz CT molecular complexity index is 670. The molecule has 1 fully saturated rings. The molecule has 2 aromatic rings. The predicted molar refractivity (Wildman–Crippen MR) is 83.8 cm³/mol. The third kappa shape index (κ3) is 2.69. The highest BCUT2D eigenvalue weighted by Gasteiger charge is 2.25. The summed E-state index contributed by atoms with van der Waals surface area (Å²) < 4.78 is 0. The Morgan fingerprint density at radius 3 is 2.86 bits per heavy atom. The van der Waals surface area contributed by atoms with Gasteiger partial charge in [-0.2, -0.15) is 0 Å². The van der Waals surface area contributed by atoms with Gasteiger partial charge in [-0.15, -0.1) is 0 Å².